The molecule has 6 nitrogen and oxygen atoms in total. The highest BCUT2D eigenvalue weighted by molar-refractivity contribution is 5.94. The predicted molar refractivity (Wildman–Crippen MR) is 117 cm³/mol. The first-order valence-corrected chi connectivity index (χ1v) is 10.6. The van der Waals surface area contributed by atoms with Crippen molar-refractivity contribution >= 4 is 5.91 Å². The largest absolute Gasteiger partial charge is 0.355 e. The third kappa shape index (κ3) is 3.42. The van der Waals surface area contributed by atoms with Crippen LogP contribution in [0.3, 0.4) is 0 Å². The van der Waals surface area contributed by atoms with Gasteiger partial charge in [0.2, 0.25) is 0 Å². The minimum absolute atomic E-state index is 0.0418. The average Bonchev–Trinajstić information content (AvgIpc) is 3.46. The number of hydrogen-bond acceptors (Lipinski definition) is 4. The number of halogens is 2. The summed E-state index contributed by atoms with van der Waals surface area (Å²) in [5, 5.41) is 8.24. The Morgan fingerprint density at radius 2 is 1.97 bits per heavy atom. The number of rotatable bonds is 3. The average molecular weight is 448 g/mol. The van der Waals surface area contributed by atoms with Crippen LogP contribution in [0.2, 0.25) is 0 Å². The van der Waals surface area contributed by atoms with E-state index >= 15 is 0 Å². The molecule has 0 bridgehead atoms. The number of fused-ring (bicyclic) bond motifs is 1. The number of carbonyl (C=O) groups is 1. The summed E-state index contributed by atoms with van der Waals surface area (Å²) in [4.78, 5) is 15.3. The minimum atomic E-state index is -0.783. The second kappa shape index (κ2) is 7.65. The van der Waals surface area contributed by atoms with E-state index in [0.717, 1.165) is 28.8 Å². The van der Waals surface area contributed by atoms with Crippen LogP contribution >= 0.6 is 0 Å². The summed E-state index contributed by atoms with van der Waals surface area (Å²) in [5.74, 6) is -1.74. The second-order valence-corrected chi connectivity index (χ2v) is 8.63. The van der Waals surface area contributed by atoms with E-state index < -0.39 is 17.0 Å². The standard InChI is InChI=1S/C25H22F2N4O2/c1-15-18-6-4-5-7-20(18)25(2,16-12-28-30(3)13-16)14-31(15)24(32)22-11-23(33-29-22)19-9-8-17(26)10-21(19)27/h4-13,15H,14H2,1-3H3. The van der Waals surface area contributed by atoms with E-state index in [1.165, 1.54) is 12.1 Å². The fraction of sp³-hybridized carbons (Fsp3) is 0.240. The zero-order valence-corrected chi connectivity index (χ0v) is 18.4. The lowest BCUT2D eigenvalue weighted by molar-refractivity contribution is 0.0616. The van der Waals surface area contributed by atoms with Crippen molar-refractivity contribution in [1.82, 2.24) is 19.8 Å². The van der Waals surface area contributed by atoms with Crippen LogP contribution in [0, 0.1) is 11.6 Å². The summed E-state index contributed by atoms with van der Waals surface area (Å²) in [6.45, 7) is 4.47. The van der Waals surface area contributed by atoms with Gasteiger partial charge in [0.05, 0.1) is 17.8 Å². The normalized spacial score (nSPS) is 20.0. The predicted octanol–water partition coefficient (Wildman–Crippen LogP) is 4.88. The van der Waals surface area contributed by atoms with Crippen LogP contribution < -0.4 is 0 Å². The summed E-state index contributed by atoms with van der Waals surface area (Å²) < 4.78 is 34.5. The number of nitrogens with zero attached hydrogens (tertiary/aromatic N) is 4. The van der Waals surface area contributed by atoms with Crippen LogP contribution in [-0.4, -0.2) is 32.3 Å². The lowest BCUT2D eigenvalue weighted by atomic mass is 9.71. The monoisotopic (exact) mass is 448 g/mol. The maximum Gasteiger partial charge on any atom is 0.276 e. The molecule has 168 valence electrons. The highest BCUT2D eigenvalue weighted by Crippen LogP contribution is 2.44. The van der Waals surface area contributed by atoms with Crippen molar-refractivity contribution in [2.45, 2.75) is 25.3 Å². The molecule has 2 aromatic carbocycles. The van der Waals surface area contributed by atoms with Crippen LogP contribution in [0.1, 0.15) is 47.1 Å². The van der Waals surface area contributed by atoms with E-state index in [4.69, 9.17) is 4.52 Å². The smallest absolute Gasteiger partial charge is 0.276 e. The molecule has 8 heteroatoms. The van der Waals surface area contributed by atoms with E-state index in [1.807, 2.05) is 44.6 Å². The SMILES string of the molecule is CC1c2ccccc2C(C)(c2cnn(C)c2)CN1C(=O)c1cc(-c2ccc(F)cc2F)on1. The summed E-state index contributed by atoms with van der Waals surface area (Å²) in [6, 6.07) is 12.4. The van der Waals surface area contributed by atoms with Crippen molar-refractivity contribution in [1.29, 1.82) is 0 Å². The molecule has 1 aliphatic rings. The molecule has 0 fully saturated rings. The molecule has 1 aliphatic heterocycles. The Labute approximate surface area is 189 Å². The van der Waals surface area contributed by atoms with Gasteiger partial charge in [0.1, 0.15) is 11.6 Å². The molecular weight excluding hydrogens is 426 g/mol. The van der Waals surface area contributed by atoms with Crippen LogP contribution in [0.4, 0.5) is 8.78 Å². The van der Waals surface area contributed by atoms with Gasteiger partial charge in [-0.25, -0.2) is 8.78 Å². The summed E-state index contributed by atoms with van der Waals surface area (Å²) in [6.07, 6.45) is 3.78. The molecule has 2 atom stereocenters. The number of benzene rings is 2. The van der Waals surface area contributed by atoms with Crippen LogP contribution in [0.5, 0.6) is 0 Å². The molecule has 2 aromatic heterocycles. The van der Waals surface area contributed by atoms with Crippen LogP contribution in [0.25, 0.3) is 11.3 Å². The molecule has 2 unspecified atom stereocenters. The Morgan fingerprint density at radius 3 is 2.70 bits per heavy atom. The first-order chi connectivity index (χ1) is 15.8. The van der Waals surface area contributed by atoms with Crippen LogP contribution in [-0.2, 0) is 12.5 Å². The van der Waals surface area contributed by atoms with Crippen molar-refractivity contribution in [3.05, 3.63) is 94.9 Å². The number of carbonyl (C=O) groups excluding carboxylic acids is 1. The number of aryl methyl sites for hydroxylation is 1. The highest BCUT2D eigenvalue weighted by Gasteiger charge is 2.43. The minimum Gasteiger partial charge on any atom is -0.355 e. The quantitative estimate of drug-likeness (QED) is 0.448. The Balaban J connectivity index is 1.53. The fourth-order valence-electron chi connectivity index (χ4n) is 4.63. The van der Waals surface area contributed by atoms with Gasteiger partial charge >= 0.3 is 0 Å². The maximum atomic E-state index is 14.2. The van der Waals surface area contributed by atoms with Crippen molar-refractivity contribution in [3.63, 3.8) is 0 Å². The van der Waals surface area contributed by atoms with Gasteiger partial charge in [0.25, 0.3) is 5.91 Å². The molecule has 4 aromatic rings. The van der Waals surface area contributed by atoms with Gasteiger partial charge in [-0.05, 0) is 37.1 Å². The lowest BCUT2D eigenvalue weighted by Crippen LogP contribution is -2.49. The highest BCUT2D eigenvalue weighted by atomic mass is 19.1. The molecule has 1 amide bonds. The van der Waals surface area contributed by atoms with Gasteiger partial charge in [-0.2, -0.15) is 5.10 Å². The molecule has 0 saturated carbocycles. The zero-order valence-electron chi connectivity index (χ0n) is 18.4. The van der Waals surface area contributed by atoms with E-state index in [0.29, 0.717) is 6.54 Å². The summed E-state index contributed by atoms with van der Waals surface area (Å²) in [5.41, 5.74) is 2.80. The Kier molecular flexibility index (Phi) is 4.88. The van der Waals surface area contributed by atoms with Crippen LogP contribution in [0.15, 0.2) is 65.4 Å². The topological polar surface area (TPSA) is 64.2 Å². The van der Waals surface area contributed by atoms with Gasteiger partial charge in [-0.15, -0.1) is 0 Å². The first-order valence-electron chi connectivity index (χ1n) is 10.6. The molecule has 0 spiro atoms. The zero-order chi connectivity index (χ0) is 23.3. The van der Waals surface area contributed by atoms with E-state index in [-0.39, 0.29) is 29.0 Å². The number of amides is 1. The van der Waals surface area contributed by atoms with E-state index in [1.54, 1.807) is 9.58 Å². The van der Waals surface area contributed by atoms with Gasteiger partial charge in [0.15, 0.2) is 11.5 Å². The van der Waals surface area contributed by atoms with E-state index in [2.05, 4.69) is 23.2 Å². The van der Waals surface area contributed by atoms with Gasteiger partial charge in [-0.1, -0.05) is 29.4 Å². The number of hydrogen-bond donors (Lipinski definition) is 0. The Bertz CT molecular complexity index is 1360. The number of aromatic nitrogens is 3. The molecule has 5 rings (SSSR count). The maximum absolute atomic E-state index is 14.2. The van der Waals surface area contributed by atoms with Gasteiger partial charge in [0, 0.05) is 42.9 Å². The van der Waals surface area contributed by atoms with Crippen molar-refractivity contribution in [3.8, 4) is 11.3 Å². The van der Waals surface area contributed by atoms with E-state index in [9.17, 15) is 13.6 Å². The Morgan fingerprint density at radius 1 is 1.18 bits per heavy atom. The lowest BCUT2D eigenvalue weighted by Gasteiger charge is -2.45. The molecule has 0 saturated heterocycles. The third-order valence-electron chi connectivity index (χ3n) is 6.49. The summed E-state index contributed by atoms with van der Waals surface area (Å²) >= 11 is 0. The fourth-order valence-corrected chi connectivity index (χ4v) is 4.63. The molecule has 0 N–H and O–H groups in total. The third-order valence-corrected chi connectivity index (χ3v) is 6.49. The molecular formula is C25H22F2N4O2. The Hall–Kier alpha value is -3.81. The first kappa shape index (κ1) is 21.1. The molecule has 0 radical (unpaired) electrons. The summed E-state index contributed by atoms with van der Waals surface area (Å²) in [7, 11) is 1.86. The van der Waals surface area contributed by atoms with Gasteiger partial charge in [-0.3, -0.25) is 9.48 Å². The molecule has 33 heavy (non-hydrogen) atoms. The molecule has 3 heterocycles. The molecule has 0 aliphatic carbocycles. The van der Waals surface area contributed by atoms with Crippen molar-refractivity contribution < 1.29 is 18.1 Å². The van der Waals surface area contributed by atoms with Crippen molar-refractivity contribution in [2.75, 3.05) is 6.54 Å². The van der Waals surface area contributed by atoms with Gasteiger partial charge < -0.3 is 9.42 Å². The second-order valence-electron chi connectivity index (χ2n) is 8.63. The van der Waals surface area contributed by atoms with Crippen molar-refractivity contribution in [2.24, 2.45) is 7.05 Å².